The zero-order valence-electron chi connectivity index (χ0n) is 11.8. The smallest absolute Gasteiger partial charge is 0.356 e. The maximum absolute atomic E-state index is 10.9. The standard InChI is InChI=1S/C15H15BrN4O2/c16-14-9(4-19-7-12(15(21)22)17-8-19)1-2-13(18-14)20-5-10-3-11(10)6-20/h1-2,7-8,10-11H,3-6H2,(H,21,22). The third kappa shape index (κ3) is 2.49. The van der Waals surface area contributed by atoms with Crippen LogP contribution >= 0.6 is 15.9 Å². The molecule has 22 heavy (non-hydrogen) atoms. The number of nitrogens with zero attached hydrogens (tertiary/aromatic N) is 4. The van der Waals surface area contributed by atoms with Gasteiger partial charge >= 0.3 is 5.97 Å². The Balaban J connectivity index is 1.50. The number of halogens is 1. The van der Waals surface area contributed by atoms with Gasteiger partial charge < -0.3 is 14.6 Å². The second kappa shape index (κ2) is 5.08. The first-order valence-electron chi connectivity index (χ1n) is 7.25. The monoisotopic (exact) mass is 362 g/mol. The highest BCUT2D eigenvalue weighted by Crippen LogP contribution is 2.46. The second-order valence-electron chi connectivity index (χ2n) is 6.02. The summed E-state index contributed by atoms with van der Waals surface area (Å²) in [5.41, 5.74) is 1.06. The summed E-state index contributed by atoms with van der Waals surface area (Å²) >= 11 is 3.53. The normalized spacial score (nSPS) is 22.7. The summed E-state index contributed by atoms with van der Waals surface area (Å²) in [6.07, 6.45) is 4.43. The van der Waals surface area contributed by atoms with Crippen LogP contribution in [0.4, 0.5) is 5.82 Å². The number of carboxylic acid groups (broad SMARTS) is 1. The van der Waals surface area contributed by atoms with Gasteiger partial charge in [0.1, 0.15) is 10.4 Å². The zero-order chi connectivity index (χ0) is 15.3. The van der Waals surface area contributed by atoms with Crippen LogP contribution < -0.4 is 4.90 Å². The molecule has 1 aliphatic carbocycles. The minimum absolute atomic E-state index is 0.0528. The summed E-state index contributed by atoms with van der Waals surface area (Å²) < 4.78 is 2.55. The molecule has 3 heterocycles. The molecule has 2 fully saturated rings. The Hall–Kier alpha value is -1.89. The number of hydrogen-bond acceptors (Lipinski definition) is 4. The van der Waals surface area contributed by atoms with Crippen molar-refractivity contribution in [1.29, 1.82) is 0 Å². The van der Waals surface area contributed by atoms with Gasteiger partial charge in [-0.05, 0) is 40.3 Å². The van der Waals surface area contributed by atoms with Crippen molar-refractivity contribution in [3.63, 3.8) is 0 Å². The number of piperidine rings is 1. The highest BCUT2D eigenvalue weighted by molar-refractivity contribution is 9.10. The number of anilines is 1. The van der Waals surface area contributed by atoms with Gasteiger partial charge in [0, 0.05) is 24.8 Å². The molecule has 2 aliphatic rings. The minimum Gasteiger partial charge on any atom is -0.476 e. The van der Waals surface area contributed by atoms with Crippen molar-refractivity contribution in [2.24, 2.45) is 11.8 Å². The van der Waals surface area contributed by atoms with Gasteiger partial charge in [0.15, 0.2) is 5.69 Å². The van der Waals surface area contributed by atoms with E-state index < -0.39 is 5.97 Å². The highest BCUT2D eigenvalue weighted by atomic mass is 79.9. The van der Waals surface area contributed by atoms with Crippen LogP contribution in [0.5, 0.6) is 0 Å². The third-order valence-electron chi connectivity index (χ3n) is 4.42. The fraction of sp³-hybridized carbons (Fsp3) is 0.400. The van der Waals surface area contributed by atoms with Crippen molar-refractivity contribution in [3.8, 4) is 0 Å². The number of carbonyl (C=O) groups is 1. The second-order valence-corrected chi connectivity index (χ2v) is 6.77. The van der Waals surface area contributed by atoms with Gasteiger partial charge in [0.2, 0.25) is 0 Å². The lowest BCUT2D eigenvalue weighted by Crippen LogP contribution is -2.23. The molecule has 6 nitrogen and oxygen atoms in total. The Morgan fingerprint density at radius 2 is 2.14 bits per heavy atom. The number of pyridine rings is 1. The van der Waals surface area contributed by atoms with Crippen LogP contribution in [0.1, 0.15) is 22.5 Å². The van der Waals surface area contributed by atoms with Gasteiger partial charge in [0.25, 0.3) is 0 Å². The van der Waals surface area contributed by atoms with Crippen LogP contribution in [0, 0.1) is 11.8 Å². The molecule has 1 saturated heterocycles. The molecule has 2 aromatic rings. The van der Waals surface area contributed by atoms with E-state index in [-0.39, 0.29) is 5.69 Å². The first kappa shape index (κ1) is 13.8. The van der Waals surface area contributed by atoms with Gasteiger partial charge in [-0.25, -0.2) is 14.8 Å². The molecular formula is C15H15BrN4O2. The summed E-state index contributed by atoms with van der Waals surface area (Å²) in [5.74, 6) is 1.75. The predicted molar refractivity (Wildman–Crippen MR) is 84.0 cm³/mol. The summed E-state index contributed by atoms with van der Waals surface area (Å²) in [7, 11) is 0. The molecule has 0 aromatic carbocycles. The molecule has 7 heteroatoms. The first-order valence-corrected chi connectivity index (χ1v) is 8.05. The van der Waals surface area contributed by atoms with Crippen molar-refractivity contribution >= 4 is 27.7 Å². The number of aromatic nitrogens is 3. The number of imidazole rings is 1. The fourth-order valence-electron chi connectivity index (χ4n) is 3.09. The van der Waals surface area contributed by atoms with Crippen LogP contribution in [0.3, 0.4) is 0 Å². The van der Waals surface area contributed by atoms with E-state index in [1.54, 1.807) is 4.57 Å². The summed E-state index contributed by atoms with van der Waals surface area (Å²) in [4.78, 5) is 21.7. The average molecular weight is 363 g/mol. The molecule has 1 saturated carbocycles. The Morgan fingerprint density at radius 3 is 2.77 bits per heavy atom. The van der Waals surface area contributed by atoms with Crippen LogP contribution in [0.2, 0.25) is 0 Å². The van der Waals surface area contributed by atoms with Crippen molar-refractivity contribution in [2.75, 3.05) is 18.0 Å². The lowest BCUT2D eigenvalue weighted by molar-refractivity contribution is 0.0691. The van der Waals surface area contributed by atoms with Crippen LogP contribution in [-0.4, -0.2) is 38.7 Å². The molecule has 1 N–H and O–H groups in total. The molecule has 4 rings (SSSR count). The molecule has 0 amide bonds. The van der Waals surface area contributed by atoms with E-state index in [2.05, 4.69) is 30.8 Å². The van der Waals surface area contributed by atoms with E-state index in [0.717, 1.165) is 40.9 Å². The Bertz CT molecular complexity index is 735. The van der Waals surface area contributed by atoms with Crippen LogP contribution in [-0.2, 0) is 6.54 Å². The fourth-order valence-corrected chi connectivity index (χ4v) is 3.53. The van der Waals surface area contributed by atoms with Crippen LogP contribution in [0.25, 0.3) is 0 Å². The van der Waals surface area contributed by atoms with E-state index in [0.29, 0.717) is 6.54 Å². The maximum atomic E-state index is 10.9. The summed E-state index contributed by atoms with van der Waals surface area (Å²) in [6.45, 7) is 2.78. The summed E-state index contributed by atoms with van der Waals surface area (Å²) in [5, 5.41) is 8.90. The number of fused-ring (bicyclic) bond motifs is 1. The lowest BCUT2D eigenvalue weighted by atomic mass is 10.2. The minimum atomic E-state index is -1.01. The van der Waals surface area contributed by atoms with Gasteiger partial charge in [-0.2, -0.15) is 0 Å². The maximum Gasteiger partial charge on any atom is 0.356 e. The molecular weight excluding hydrogens is 348 g/mol. The first-order chi connectivity index (χ1) is 10.6. The zero-order valence-corrected chi connectivity index (χ0v) is 13.4. The molecule has 0 bridgehead atoms. The summed E-state index contributed by atoms with van der Waals surface area (Å²) in [6, 6.07) is 4.08. The Morgan fingerprint density at radius 1 is 1.36 bits per heavy atom. The Labute approximate surface area is 135 Å². The molecule has 114 valence electrons. The quantitative estimate of drug-likeness (QED) is 0.844. The third-order valence-corrected chi connectivity index (χ3v) is 5.11. The lowest BCUT2D eigenvalue weighted by Gasteiger charge is -2.19. The molecule has 0 radical (unpaired) electrons. The molecule has 2 unspecified atom stereocenters. The highest BCUT2D eigenvalue weighted by Gasteiger charge is 2.45. The van der Waals surface area contributed by atoms with Crippen molar-refractivity contribution in [2.45, 2.75) is 13.0 Å². The van der Waals surface area contributed by atoms with Gasteiger partial charge in [-0.15, -0.1) is 0 Å². The molecule has 2 aromatic heterocycles. The molecule has 0 spiro atoms. The number of carboxylic acids is 1. The van der Waals surface area contributed by atoms with E-state index in [9.17, 15) is 4.79 Å². The molecule has 2 atom stereocenters. The van der Waals surface area contributed by atoms with Gasteiger partial charge in [-0.3, -0.25) is 0 Å². The van der Waals surface area contributed by atoms with Crippen LogP contribution in [0.15, 0.2) is 29.3 Å². The topological polar surface area (TPSA) is 71.2 Å². The number of hydrogen-bond donors (Lipinski definition) is 1. The number of rotatable bonds is 4. The van der Waals surface area contributed by atoms with E-state index in [4.69, 9.17) is 5.11 Å². The largest absolute Gasteiger partial charge is 0.476 e. The SMILES string of the molecule is O=C(O)c1cn(Cc2ccc(N3CC4CC4C3)nc2Br)cn1. The Kier molecular flexibility index (Phi) is 3.18. The van der Waals surface area contributed by atoms with E-state index in [1.807, 2.05) is 12.1 Å². The van der Waals surface area contributed by atoms with E-state index in [1.165, 1.54) is 18.9 Å². The van der Waals surface area contributed by atoms with E-state index >= 15 is 0 Å². The number of aromatic carboxylic acids is 1. The van der Waals surface area contributed by atoms with Gasteiger partial charge in [0.05, 0.1) is 12.9 Å². The van der Waals surface area contributed by atoms with Crippen molar-refractivity contribution in [1.82, 2.24) is 14.5 Å². The predicted octanol–water partition coefficient (Wildman–Crippen LogP) is 2.24. The van der Waals surface area contributed by atoms with Gasteiger partial charge in [-0.1, -0.05) is 6.07 Å². The molecule has 1 aliphatic heterocycles. The van der Waals surface area contributed by atoms with Crippen molar-refractivity contribution < 1.29 is 9.90 Å². The average Bonchev–Trinajstić information content (AvgIpc) is 2.89. The van der Waals surface area contributed by atoms with Crippen molar-refractivity contribution in [3.05, 3.63) is 40.5 Å².